The summed E-state index contributed by atoms with van der Waals surface area (Å²) in [6.07, 6.45) is 5.76. The smallest absolute Gasteiger partial charge is 0.239 e. The zero-order valence-corrected chi connectivity index (χ0v) is 9.73. The van der Waals surface area contributed by atoms with Crippen LogP contribution in [-0.4, -0.2) is 28.0 Å². The Bertz CT molecular complexity index is 396. The van der Waals surface area contributed by atoms with Gasteiger partial charge in [0.25, 0.3) is 0 Å². The molecule has 1 aliphatic carbocycles. The SMILES string of the molecule is CNC(Cn1ccnc1C)(C(N)=O)C1CC1. The van der Waals surface area contributed by atoms with Crippen molar-refractivity contribution in [2.24, 2.45) is 11.7 Å². The third-order valence-corrected chi connectivity index (χ3v) is 3.50. The largest absolute Gasteiger partial charge is 0.368 e. The lowest BCUT2D eigenvalue weighted by molar-refractivity contribution is -0.125. The first kappa shape index (κ1) is 11.1. The summed E-state index contributed by atoms with van der Waals surface area (Å²) in [4.78, 5) is 15.9. The Kier molecular flexibility index (Phi) is 2.71. The lowest BCUT2D eigenvalue weighted by Crippen LogP contribution is -2.58. The summed E-state index contributed by atoms with van der Waals surface area (Å²) in [6, 6.07) is 0. The Hall–Kier alpha value is -1.36. The number of hydrogen-bond acceptors (Lipinski definition) is 3. The van der Waals surface area contributed by atoms with Gasteiger partial charge in [-0.05, 0) is 32.7 Å². The van der Waals surface area contributed by atoms with Crippen molar-refractivity contribution in [2.45, 2.75) is 31.8 Å². The molecule has 16 heavy (non-hydrogen) atoms. The van der Waals surface area contributed by atoms with Gasteiger partial charge < -0.3 is 15.6 Å². The zero-order valence-electron chi connectivity index (χ0n) is 9.73. The molecule has 1 unspecified atom stereocenters. The van der Waals surface area contributed by atoms with Crippen LogP contribution >= 0.6 is 0 Å². The number of primary amides is 1. The van der Waals surface area contributed by atoms with Crippen molar-refractivity contribution in [3.63, 3.8) is 0 Å². The van der Waals surface area contributed by atoms with Gasteiger partial charge in [-0.3, -0.25) is 4.79 Å². The highest BCUT2D eigenvalue weighted by Gasteiger charge is 2.49. The van der Waals surface area contributed by atoms with Crippen LogP contribution in [0.5, 0.6) is 0 Å². The van der Waals surface area contributed by atoms with Gasteiger partial charge in [0.05, 0.1) is 6.54 Å². The Morgan fingerprint density at radius 2 is 2.44 bits per heavy atom. The number of nitrogens with two attached hydrogens (primary N) is 1. The number of aromatic nitrogens is 2. The van der Waals surface area contributed by atoms with Crippen LogP contribution in [0.1, 0.15) is 18.7 Å². The maximum absolute atomic E-state index is 11.7. The van der Waals surface area contributed by atoms with Crippen LogP contribution in [0.15, 0.2) is 12.4 Å². The van der Waals surface area contributed by atoms with Crippen molar-refractivity contribution < 1.29 is 4.79 Å². The summed E-state index contributed by atoms with van der Waals surface area (Å²) in [5.41, 5.74) is 4.94. The number of rotatable bonds is 5. The lowest BCUT2D eigenvalue weighted by Gasteiger charge is -2.31. The van der Waals surface area contributed by atoms with E-state index in [1.54, 1.807) is 13.2 Å². The van der Waals surface area contributed by atoms with Gasteiger partial charge in [0.15, 0.2) is 0 Å². The van der Waals surface area contributed by atoms with Crippen LogP contribution in [0.2, 0.25) is 0 Å². The number of nitrogens with zero attached hydrogens (tertiary/aromatic N) is 2. The van der Waals surface area contributed by atoms with Crippen molar-refractivity contribution in [3.8, 4) is 0 Å². The van der Waals surface area contributed by atoms with E-state index < -0.39 is 5.54 Å². The van der Waals surface area contributed by atoms with Crippen molar-refractivity contribution in [1.29, 1.82) is 0 Å². The zero-order chi connectivity index (χ0) is 11.8. The fourth-order valence-electron chi connectivity index (χ4n) is 2.23. The maximum Gasteiger partial charge on any atom is 0.239 e. The molecule has 1 amide bonds. The summed E-state index contributed by atoms with van der Waals surface area (Å²) in [5.74, 6) is 0.990. The van der Waals surface area contributed by atoms with Gasteiger partial charge in [-0.25, -0.2) is 4.98 Å². The molecule has 0 spiro atoms. The third-order valence-electron chi connectivity index (χ3n) is 3.50. The van der Waals surface area contributed by atoms with E-state index in [1.807, 2.05) is 17.7 Å². The van der Waals surface area contributed by atoms with Gasteiger partial charge in [0, 0.05) is 12.4 Å². The van der Waals surface area contributed by atoms with E-state index in [-0.39, 0.29) is 5.91 Å². The molecule has 1 heterocycles. The van der Waals surface area contributed by atoms with Crippen LogP contribution in [-0.2, 0) is 11.3 Å². The van der Waals surface area contributed by atoms with E-state index in [0.29, 0.717) is 12.5 Å². The monoisotopic (exact) mass is 222 g/mol. The number of aryl methyl sites for hydroxylation is 1. The maximum atomic E-state index is 11.7. The lowest BCUT2D eigenvalue weighted by atomic mass is 9.92. The normalized spacial score (nSPS) is 19.4. The van der Waals surface area contributed by atoms with Gasteiger partial charge in [0.1, 0.15) is 11.4 Å². The molecule has 1 aliphatic rings. The van der Waals surface area contributed by atoms with E-state index in [9.17, 15) is 4.79 Å². The molecule has 1 saturated carbocycles. The fraction of sp³-hybridized carbons (Fsp3) is 0.636. The molecule has 5 heteroatoms. The van der Waals surface area contributed by atoms with Gasteiger partial charge in [-0.2, -0.15) is 0 Å². The minimum atomic E-state index is -0.620. The van der Waals surface area contributed by atoms with Crippen LogP contribution in [0, 0.1) is 12.8 Å². The molecule has 5 nitrogen and oxygen atoms in total. The Morgan fingerprint density at radius 1 is 1.75 bits per heavy atom. The quantitative estimate of drug-likeness (QED) is 0.739. The van der Waals surface area contributed by atoms with Gasteiger partial charge in [0.2, 0.25) is 5.91 Å². The van der Waals surface area contributed by atoms with Gasteiger partial charge in [-0.1, -0.05) is 0 Å². The number of carbonyl (C=O) groups excluding carboxylic acids is 1. The van der Waals surface area contributed by atoms with Crippen LogP contribution in [0.25, 0.3) is 0 Å². The second-order valence-electron chi connectivity index (χ2n) is 4.46. The molecular formula is C11H18N4O. The molecule has 2 rings (SSSR count). The minimum absolute atomic E-state index is 0.273. The molecule has 3 N–H and O–H groups in total. The van der Waals surface area contributed by atoms with E-state index in [1.165, 1.54) is 0 Å². The molecule has 0 saturated heterocycles. The third kappa shape index (κ3) is 1.71. The van der Waals surface area contributed by atoms with E-state index >= 15 is 0 Å². The number of hydrogen-bond donors (Lipinski definition) is 2. The van der Waals surface area contributed by atoms with Crippen molar-refractivity contribution in [2.75, 3.05) is 7.05 Å². The molecule has 0 aliphatic heterocycles. The molecule has 0 bridgehead atoms. The molecular weight excluding hydrogens is 204 g/mol. The van der Waals surface area contributed by atoms with E-state index in [4.69, 9.17) is 5.73 Å². The number of carbonyl (C=O) groups is 1. The molecule has 1 atom stereocenters. The van der Waals surface area contributed by atoms with Crippen molar-refractivity contribution >= 4 is 5.91 Å². The molecule has 0 aromatic carbocycles. The molecule has 1 aromatic rings. The van der Waals surface area contributed by atoms with E-state index in [0.717, 1.165) is 18.7 Å². The molecule has 88 valence electrons. The average molecular weight is 222 g/mol. The predicted molar refractivity (Wildman–Crippen MR) is 60.7 cm³/mol. The highest BCUT2D eigenvalue weighted by Crippen LogP contribution is 2.40. The Morgan fingerprint density at radius 3 is 2.81 bits per heavy atom. The summed E-state index contributed by atoms with van der Waals surface area (Å²) < 4.78 is 1.97. The van der Waals surface area contributed by atoms with Crippen molar-refractivity contribution in [1.82, 2.24) is 14.9 Å². The first-order chi connectivity index (χ1) is 7.60. The van der Waals surface area contributed by atoms with Gasteiger partial charge in [-0.15, -0.1) is 0 Å². The Balaban J connectivity index is 2.26. The first-order valence-corrected chi connectivity index (χ1v) is 5.56. The fourth-order valence-corrected chi connectivity index (χ4v) is 2.23. The van der Waals surface area contributed by atoms with Crippen molar-refractivity contribution in [3.05, 3.63) is 18.2 Å². The average Bonchev–Trinajstić information content (AvgIpc) is 3.01. The minimum Gasteiger partial charge on any atom is -0.368 e. The number of amides is 1. The topological polar surface area (TPSA) is 72.9 Å². The Labute approximate surface area is 95.0 Å². The second-order valence-corrected chi connectivity index (χ2v) is 4.46. The molecule has 1 fully saturated rings. The van der Waals surface area contributed by atoms with E-state index in [2.05, 4.69) is 10.3 Å². The first-order valence-electron chi connectivity index (χ1n) is 5.56. The standard InChI is InChI=1S/C11H18N4O/c1-8-14-5-6-15(8)7-11(13-2,10(12)16)9-3-4-9/h5-6,9,13H,3-4,7H2,1-2H3,(H2,12,16). The summed E-state index contributed by atoms with van der Waals surface area (Å²) in [7, 11) is 1.80. The van der Waals surface area contributed by atoms with Crippen LogP contribution < -0.4 is 11.1 Å². The highest BCUT2D eigenvalue weighted by atomic mass is 16.1. The van der Waals surface area contributed by atoms with Gasteiger partial charge >= 0.3 is 0 Å². The predicted octanol–water partition coefficient (Wildman–Crippen LogP) is 0.0450. The highest BCUT2D eigenvalue weighted by molar-refractivity contribution is 5.85. The van der Waals surface area contributed by atoms with Crippen LogP contribution in [0.3, 0.4) is 0 Å². The van der Waals surface area contributed by atoms with Crippen LogP contribution in [0.4, 0.5) is 0 Å². The molecule has 1 aromatic heterocycles. The summed E-state index contributed by atoms with van der Waals surface area (Å²) in [6.45, 7) is 2.49. The number of imidazole rings is 1. The molecule has 0 radical (unpaired) electrons. The summed E-state index contributed by atoms with van der Waals surface area (Å²) >= 11 is 0. The second kappa shape index (κ2) is 3.90. The number of likely N-dealkylation sites (N-methyl/N-ethyl adjacent to an activating group) is 1. The number of nitrogens with one attached hydrogen (secondary N) is 1. The summed E-state index contributed by atoms with van der Waals surface area (Å²) in [5, 5.41) is 3.12.